The molecule has 0 bridgehead atoms. The Morgan fingerprint density at radius 3 is 2.61 bits per heavy atom. The van der Waals surface area contributed by atoms with Crippen LogP contribution < -0.4 is 14.8 Å². The van der Waals surface area contributed by atoms with Gasteiger partial charge in [-0.2, -0.15) is 0 Å². The van der Waals surface area contributed by atoms with Gasteiger partial charge in [-0.3, -0.25) is 4.79 Å². The van der Waals surface area contributed by atoms with E-state index in [1.807, 2.05) is 60.7 Å². The topological polar surface area (TPSA) is 47.6 Å². The van der Waals surface area contributed by atoms with E-state index in [2.05, 4.69) is 27.3 Å². The molecule has 1 aliphatic heterocycles. The van der Waals surface area contributed by atoms with E-state index in [9.17, 15) is 4.79 Å². The van der Waals surface area contributed by atoms with Gasteiger partial charge in [-0.25, -0.2) is 0 Å². The SMILES string of the molecule is COc1ccc(/C=C/C(=O)c2ccc3c(c2)Nc2ccccc2S3)cc1COc1ccc(Cl)cc1Br. The fourth-order valence-electron chi connectivity index (χ4n) is 3.82. The Morgan fingerprint density at radius 2 is 1.78 bits per heavy atom. The highest BCUT2D eigenvalue weighted by Crippen LogP contribution is 2.44. The zero-order valence-corrected chi connectivity index (χ0v) is 22.4. The first-order valence-corrected chi connectivity index (χ1v) is 13.1. The molecule has 0 radical (unpaired) electrons. The number of carbonyl (C=O) groups excluding carboxylic acids is 1. The molecule has 0 spiro atoms. The molecule has 1 aliphatic rings. The maximum atomic E-state index is 12.9. The Labute approximate surface area is 227 Å². The molecule has 1 N–H and O–H groups in total. The third-order valence-electron chi connectivity index (χ3n) is 5.65. The van der Waals surface area contributed by atoms with E-state index < -0.39 is 0 Å². The molecule has 180 valence electrons. The van der Waals surface area contributed by atoms with Crippen molar-refractivity contribution in [2.75, 3.05) is 12.4 Å². The number of fused-ring (bicyclic) bond motifs is 2. The van der Waals surface area contributed by atoms with Crippen LogP contribution in [0.2, 0.25) is 5.02 Å². The predicted molar refractivity (Wildman–Crippen MR) is 150 cm³/mol. The van der Waals surface area contributed by atoms with E-state index in [1.165, 1.54) is 4.90 Å². The van der Waals surface area contributed by atoms with Gasteiger partial charge < -0.3 is 14.8 Å². The molecule has 0 atom stereocenters. The number of methoxy groups -OCH3 is 1. The van der Waals surface area contributed by atoms with Crippen LogP contribution in [0.4, 0.5) is 11.4 Å². The summed E-state index contributed by atoms with van der Waals surface area (Å²) in [5, 5.41) is 4.06. The molecule has 0 aromatic heterocycles. The van der Waals surface area contributed by atoms with Crippen LogP contribution >= 0.6 is 39.3 Å². The largest absolute Gasteiger partial charge is 0.496 e. The highest BCUT2D eigenvalue weighted by atomic mass is 79.9. The molecule has 0 aliphatic carbocycles. The second-order valence-electron chi connectivity index (χ2n) is 8.07. The number of ether oxygens (including phenoxy) is 2. The quantitative estimate of drug-likeness (QED) is 0.154. The maximum Gasteiger partial charge on any atom is 0.185 e. The number of anilines is 2. The minimum Gasteiger partial charge on any atom is -0.496 e. The van der Waals surface area contributed by atoms with Crippen LogP contribution in [0, 0.1) is 0 Å². The van der Waals surface area contributed by atoms with E-state index >= 15 is 0 Å². The van der Waals surface area contributed by atoms with Gasteiger partial charge in [0.15, 0.2) is 5.78 Å². The highest BCUT2D eigenvalue weighted by molar-refractivity contribution is 9.10. The molecular formula is C29H21BrClNO3S. The minimum atomic E-state index is -0.0674. The molecule has 0 amide bonds. The van der Waals surface area contributed by atoms with Crippen LogP contribution in [-0.4, -0.2) is 12.9 Å². The highest BCUT2D eigenvalue weighted by Gasteiger charge is 2.16. The fraction of sp³-hybridized carbons (Fsp3) is 0.0690. The van der Waals surface area contributed by atoms with E-state index in [0.717, 1.165) is 31.9 Å². The number of benzene rings is 4. The molecule has 0 saturated heterocycles. The maximum absolute atomic E-state index is 12.9. The third-order valence-corrected chi connectivity index (χ3v) is 7.66. The molecule has 0 fully saturated rings. The van der Waals surface area contributed by atoms with Crippen LogP contribution in [0.3, 0.4) is 0 Å². The average Bonchev–Trinajstić information content (AvgIpc) is 2.89. The Balaban J connectivity index is 1.31. The Morgan fingerprint density at radius 1 is 0.972 bits per heavy atom. The zero-order chi connectivity index (χ0) is 25.1. The van der Waals surface area contributed by atoms with Gasteiger partial charge in [0.25, 0.3) is 0 Å². The van der Waals surface area contributed by atoms with Crippen molar-refractivity contribution in [1.82, 2.24) is 0 Å². The van der Waals surface area contributed by atoms with Crippen molar-refractivity contribution in [2.45, 2.75) is 16.4 Å². The number of allylic oxidation sites excluding steroid dienone is 1. The van der Waals surface area contributed by atoms with Gasteiger partial charge in [-0.1, -0.05) is 47.6 Å². The first-order valence-electron chi connectivity index (χ1n) is 11.2. The number of hydrogen-bond donors (Lipinski definition) is 1. The Hall–Kier alpha value is -3.19. The molecule has 4 aromatic rings. The lowest BCUT2D eigenvalue weighted by Gasteiger charge is -2.20. The van der Waals surface area contributed by atoms with Gasteiger partial charge in [-0.05, 0) is 88.2 Å². The summed E-state index contributed by atoms with van der Waals surface area (Å²) in [5.74, 6) is 1.32. The average molecular weight is 579 g/mol. The summed E-state index contributed by atoms with van der Waals surface area (Å²) in [5.41, 5.74) is 4.35. The number of nitrogens with one attached hydrogen (secondary N) is 1. The predicted octanol–water partition coefficient (Wildman–Crippen LogP) is 8.79. The normalized spacial score (nSPS) is 12.0. The summed E-state index contributed by atoms with van der Waals surface area (Å²) in [4.78, 5) is 15.2. The van der Waals surface area contributed by atoms with Gasteiger partial charge in [0.1, 0.15) is 18.1 Å². The van der Waals surface area contributed by atoms with Gasteiger partial charge >= 0.3 is 0 Å². The van der Waals surface area contributed by atoms with Crippen molar-refractivity contribution in [3.63, 3.8) is 0 Å². The van der Waals surface area contributed by atoms with Gasteiger partial charge in [0, 0.05) is 25.9 Å². The lowest BCUT2D eigenvalue weighted by molar-refractivity contribution is 0.104. The third kappa shape index (κ3) is 5.46. The summed E-state index contributed by atoms with van der Waals surface area (Å²) in [6, 6.07) is 25.0. The summed E-state index contributed by atoms with van der Waals surface area (Å²) in [7, 11) is 1.62. The van der Waals surface area contributed by atoms with Crippen molar-refractivity contribution < 1.29 is 14.3 Å². The number of halogens is 2. The van der Waals surface area contributed by atoms with Crippen molar-refractivity contribution in [3.05, 3.63) is 111 Å². The fourth-order valence-corrected chi connectivity index (χ4v) is 5.59. The first kappa shape index (κ1) is 24.5. The second kappa shape index (κ2) is 10.8. The van der Waals surface area contributed by atoms with Crippen LogP contribution in [0.15, 0.2) is 99.2 Å². The lowest BCUT2D eigenvalue weighted by Crippen LogP contribution is -2.02. The number of hydrogen-bond acceptors (Lipinski definition) is 5. The number of para-hydroxylation sites is 1. The molecular weight excluding hydrogens is 558 g/mol. The molecule has 4 nitrogen and oxygen atoms in total. The molecule has 0 saturated carbocycles. The molecule has 4 aromatic carbocycles. The zero-order valence-electron chi connectivity index (χ0n) is 19.3. The first-order chi connectivity index (χ1) is 17.5. The standard InChI is InChI=1S/C29H21BrClNO3S/c1-34-26-11-7-18(14-20(26)17-35-27-12-9-21(31)16-22(27)30)6-10-25(33)19-8-13-29-24(15-19)32-23-4-2-3-5-28(23)36-29/h2-16,32H,17H2,1H3/b10-6+. The molecule has 7 heteroatoms. The van der Waals surface area contributed by atoms with Gasteiger partial charge in [0.2, 0.25) is 0 Å². The Kier molecular flexibility index (Phi) is 7.37. The van der Waals surface area contributed by atoms with Crippen LogP contribution in [0.1, 0.15) is 21.5 Å². The second-order valence-corrected chi connectivity index (χ2v) is 10.4. The van der Waals surface area contributed by atoms with Crippen LogP contribution in [0.25, 0.3) is 6.08 Å². The van der Waals surface area contributed by atoms with E-state index in [-0.39, 0.29) is 5.78 Å². The van der Waals surface area contributed by atoms with Crippen molar-refractivity contribution in [3.8, 4) is 11.5 Å². The van der Waals surface area contributed by atoms with Gasteiger partial charge in [-0.15, -0.1) is 0 Å². The minimum absolute atomic E-state index is 0.0674. The summed E-state index contributed by atoms with van der Waals surface area (Å²) in [6.45, 7) is 0.300. The number of ketones is 1. The van der Waals surface area contributed by atoms with Crippen LogP contribution in [0.5, 0.6) is 11.5 Å². The van der Waals surface area contributed by atoms with Crippen molar-refractivity contribution in [1.29, 1.82) is 0 Å². The number of rotatable bonds is 7. The summed E-state index contributed by atoms with van der Waals surface area (Å²) in [6.07, 6.45) is 3.40. The number of carbonyl (C=O) groups is 1. The summed E-state index contributed by atoms with van der Waals surface area (Å²) >= 11 is 11.2. The van der Waals surface area contributed by atoms with Gasteiger partial charge in [0.05, 0.1) is 23.0 Å². The Bertz CT molecular complexity index is 1490. The molecule has 1 heterocycles. The van der Waals surface area contributed by atoms with Crippen molar-refractivity contribution in [2.24, 2.45) is 0 Å². The van der Waals surface area contributed by atoms with Crippen LogP contribution in [-0.2, 0) is 6.61 Å². The molecule has 5 rings (SSSR count). The van der Waals surface area contributed by atoms with E-state index in [4.69, 9.17) is 21.1 Å². The van der Waals surface area contributed by atoms with E-state index in [1.54, 1.807) is 43.2 Å². The molecule has 36 heavy (non-hydrogen) atoms. The monoisotopic (exact) mass is 577 g/mol. The van der Waals surface area contributed by atoms with E-state index in [0.29, 0.717) is 28.7 Å². The smallest absolute Gasteiger partial charge is 0.185 e. The van der Waals surface area contributed by atoms with Crippen molar-refractivity contribution >= 4 is 62.5 Å². The molecule has 0 unspecified atom stereocenters. The summed E-state index contributed by atoms with van der Waals surface area (Å²) < 4.78 is 12.2. The lowest BCUT2D eigenvalue weighted by atomic mass is 10.1.